The molecule has 0 aromatic heterocycles. The molecule has 0 aromatic rings. The van der Waals surface area contributed by atoms with Crippen LogP contribution in [0.1, 0.15) is 61.8 Å². The average Bonchev–Trinajstić information content (AvgIpc) is 2.48. The van der Waals surface area contributed by atoms with Crippen molar-refractivity contribution >= 4 is 29.5 Å². The van der Waals surface area contributed by atoms with E-state index in [1.54, 1.807) is 34.1 Å². The van der Waals surface area contributed by atoms with Crippen molar-refractivity contribution in [1.29, 1.82) is 0 Å². The molecule has 0 radical (unpaired) electrons. The number of amides is 2. The zero-order valence-corrected chi connectivity index (χ0v) is 19.4. The van der Waals surface area contributed by atoms with E-state index in [9.17, 15) is 14.4 Å². The summed E-state index contributed by atoms with van der Waals surface area (Å²) >= 11 is 1.31. The van der Waals surface area contributed by atoms with Crippen LogP contribution in [0.5, 0.6) is 0 Å². The fourth-order valence-electron chi connectivity index (χ4n) is 2.73. The maximum Gasteiger partial charge on any atom is 0.320 e. The second kappa shape index (κ2) is 10.3. The Morgan fingerprint density at radius 1 is 1.00 bits per heavy atom. The quantitative estimate of drug-likeness (QED) is 0.610. The number of nitrogens with one attached hydrogen (secondary N) is 2. The Morgan fingerprint density at radius 3 is 1.85 bits per heavy atom. The lowest BCUT2D eigenvalue weighted by atomic mass is 9.85. The van der Waals surface area contributed by atoms with Crippen molar-refractivity contribution in [3.8, 4) is 0 Å². The van der Waals surface area contributed by atoms with Crippen molar-refractivity contribution in [2.24, 2.45) is 17.3 Å². The van der Waals surface area contributed by atoms with E-state index < -0.39 is 34.2 Å². The highest BCUT2D eigenvalue weighted by Gasteiger charge is 2.40. The second-order valence-corrected chi connectivity index (χ2v) is 10.3. The van der Waals surface area contributed by atoms with Crippen molar-refractivity contribution in [1.82, 2.24) is 10.6 Å². The van der Waals surface area contributed by atoms with Gasteiger partial charge in [0.05, 0.1) is 5.92 Å². The van der Waals surface area contributed by atoms with Crippen molar-refractivity contribution < 1.29 is 19.1 Å². The molecule has 158 valence electrons. The van der Waals surface area contributed by atoms with Crippen LogP contribution in [0.3, 0.4) is 0 Å². The minimum atomic E-state index is -0.689. The fraction of sp³-hybridized carbons (Fsp3) is 0.850. The highest BCUT2D eigenvalue weighted by atomic mass is 32.2. The number of rotatable bonds is 8. The summed E-state index contributed by atoms with van der Waals surface area (Å²) in [6.45, 7) is 15.1. The van der Waals surface area contributed by atoms with E-state index >= 15 is 0 Å². The third kappa shape index (κ3) is 9.00. The molecule has 2 N–H and O–H groups in total. The Morgan fingerprint density at radius 2 is 1.52 bits per heavy atom. The summed E-state index contributed by atoms with van der Waals surface area (Å²) in [5.74, 6) is -1.31. The molecule has 0 fully saturated rings. The molecule has 0 saturated heterocycles. The topological polar surface area (TPSA) is 84.5 Å². The molecule has 0 unspecified atom stereocenters. The molecule has 0 heterocycles. The minimum Gasteiger partial charge on any atom is -0.459 e. The van der Waals surface area contributed by atoms with E-state index in [2.05, 4.69) is 10.6 Å². The molecule has 0 aliphatic carbocycles. The lowest BCUT2D eigenvalue weighted by molar-refractivity contribution is -0.156. The normalized spacial score (nSPS) is 15.7. The minimum absolute atomic E-state index is 0.214. The number of esters is 1. The van der Waals surface area contributed by atoms with E-state index in [-0.39, 0.29) is 17.7 Å². The summed E-state index contributed by atoms with van der Waals surface area (Å²) < 4.78 is 5.53. The molecule has 0 aliphatic rings. The van der Waals surface area contributed by atoms with Crippen LogP contribution in [-0.2, 0) is 19.1 Å². The number of ether oxygens (including phenoxy) is 1. The van der Waals surface area contributed by atoms with Gasteiger partial charge in [0.1, 0.15) is 16.9 Å². The first-order valence-corrected chi connectivity index (χ1v) is 10.7. The highest BCUT2D eigenvalue weighted by Crippen LogP contribution is 2.28. The van der Waals surface area contributed by atoms with Gasteiger partial charge in [0, 0.05) is 7.05 Å². The smallest absolute Gasteiger partial charge is 0.320 e. The number of hydrogen-bond acceptors (Lipinski definition) is 5. The van der Waals surface area contributed by atoms with Crippen LogP contribution in [0.25, 0.3) is 0 Å². The van der Waals surface area contributed by atoms with Gasteiger partial charge in [0.15, 0.2) is 0 Å². The van der Waals surface area contributed by atoms with Gasteiger partial charge in [0.2, 0.25) is 11.8 Å². The first-order chi connectivity index (χ1) is 12.1. The molecule has 6 nitrogen and oxygen atoms in total. The standard InChI is InChI=1S/C20H38N2O4S/c1-12(2)11-13(14(27-10)18(25)26-20(6,7)8)16(23)22-15(17(24)21-9)19(3,4)5/h12-15H,11H2,1-10H3,(H,21,24)(H,22,23)/t13-,14-,15-/m1/s1. The Kier molecular flexibility index (Phi) is 9.87. The van der Waals surface area contributed by atoms with Crippen molar-refractivity contribution in [3.63, 3.8) is 0 Å². The number of carbonyl (C=O) groups is 3. The average molecular weight is 403 g/mol. The molecule has 0 spiro atoms. The third-order valence-corrected chi connectivity index (χ3v) is 5.01. The van der Waals surface area contributed by atoms with Gasteiger partial charge in [-0.3, -0.25) is 14.4 Å². The fourth-order valence-corrected chi connectivity index (χ4v) is 3.53. The summed E-state index contributed by atoms with van der Waals surface area (Å²) in [6, 6.07) is -0.689. The summed E-state index contributed by atoms with van der Waals surface area (Å²) in [7, 11) is 1.55. The van der Waals surface area contributed by atoms with Crippen LogP contribution in [0, 0.1) is 17.3 Å². The van der Waals surface area contributed by atoms with Crippen LogP contribution in [0.15, 0.2) is 0 Å². The highest BCUT2D eigenvalue weighted by molar-refractivity contribution is 7.99. The van der Waals surface area contributed by atoms with Crippen LogP contribution < -0.4 is 10.6 Å². The number of carbonyl (C=O) groups excluding carboxylic acids is 3. The Bertz CT molecular complexity index is 521. The summed E-state index contributed by atoms with van der Waals surface area (Å²) in [5.41, 5.74) is -1.08. The molecule has 3 atom stereocenters. The van der Waals surface area contributed by atoms with Gasteiger partial charge in [-0.15, -0.1) is 11.8 Å². The number of thioether (sulfide) groups is 1. The Balaban J connectivity index is 5.67. The molecule has 0 saturated carbocycles. The van der Waals surface area contributed by atoms with Gasteiger partial charge in [0.25, 0.3) is 0 Å². The van der Waals surface area contributed by atoms with Gasteiger partial charge in [-0.1, -0.05) is 34.6 Å². The van der Waals surface area contributed by atoms with E-state index in [0.717, 1.165) is 0 Å². The molecule has 7 heteroatoms. The van der Waals surface area contributed by atoms with Crippen molar-refractivity contribution in [2.75, 3.05) is 13.3 Å². The van der Waals surface area contributed by atoms with E-state index in [0.29, 0.717) is 6.42 Å². The SMILES string of the molecule is CNC(=O)[C@@H](NC(=O)[C@H](CC(C)C)[C@@H](SC)C(=O)OC(C)(C)C)C(C)(C)C. The maximum atomic E-state index is 13.1. The predicted molar refractivity (Wildman–Crippen MR) is 112 cm³/mol. The van der Waals surface area contributed by atoms with Crippen molar-refractivity contribution in [3.05, 3.63) is 0 Å². The Labute approximate surface area is 168 Å². The van der Waals surface area contributed by atoms with E-state index in [4.69, 9.17) is 4.74 Å². The van der Waals surface area contributed by atoms with Crippen LogP contribution in [-0.4, -0.2) is 48.0 Å². The summed E-state index contributed by atoms with van der Waals surface area (Å²) in [5, 5.41) is 4.85. The Hall–Kier alpha value is -1.24. The zero-order chi connectivity index (χ0) is 21.6. The first kappa shape index (κ1) is 25.8. The predicted octanol–water partition coefficient (Wildman–Crippen LogP) is 3.00. The monoisotopic (exact) mass is 402 g/mol. The molecule has 0 bridgehead atoms. The second-order valence-electron chi connectivity index (χ2n) is 9.35. The van der Waals surface area contributed by atoms with Crippen LogP contribution in [0.2, 0.25) is 0 Å². The molecule has 27 heavy (non-hydrogen) atoms. The third-order valence-electron chi connectivity index (χ3n) is 3.98. The van der Waals surface area contributed by atoms with Gasteiger partial charge in [-0.05, 0) is 44.8 Å². The van der Waals surface area contributed by atoms with Crippen LogP contribution in [0.4, 0.5) is 0 Å². The lowest BCUT2D eigenvalue weighted by Gasteiger charge is -2.33. The van der Waals surface area contributed by atoms with E-state index in [1.165, 1.54) is 11.8 Å². The van der Waals surface area contributed by atoms with Crippen LogP contribution >= 0.6 is 11.8 Å². The summed E-state index contributed by atoms with van der Waals surface area (Å²) in [4.78, 5) is 38.1. The molecular formula is C20H38N2O4S. The van der Waals surface area contributed by atoms with Gasteiger partial charge < -0.3 is 15.4 Å². The van der Waals surface area contributed by atoms with E-state index in [1.807, 2.05) is 34.6 Å². The lowest BCUT2D eigenvalue weighted by Crippen LogP contribution is -2.55. The largest absolute Gasteiger partial charge is 0.459 e. The molecule has 0 aliphatic heterocycles. The zero-order valence-electron chi connectivity index (χ0n) is 18.6. The molecular weight excluding hydrogens is 364 g/mol. The molecule has 0 rings (SSSR count). The van der Waals surface area contributed by atoms with Gasteiger partial charge in [-0.25, -0.2) is 0 Å². The van der Waals surface area contributed by atoms with Crippen molar-refractivity contribution in [2.45, 2.75) is 78.7 Å². The van der Waals surface area contributed by atoms with Gasteiger partial charge >= 0.3 is 5.97 Å². The molecule has 0 aromatic carbocycles. The maximum absolute atomic E-state index is 13.1. The number of hydrogen-bond donors (Lipinski definition) is 2. The summed E-state index contributed by atoms with van der Waals surface area (Å²) in [6.07, 6.45) is 2.33. The molecule has 2 amide bonds. The van der Waals surface area contributed by atoms with Gasteiger partial charge in [-0.2, -0.15) is 0 Å². The number of likely N-dealkylation sites (N-methyl/N-ethyl adjacent to an activating group) is 1. The first-order valence-electron chi connectivity index (χ1n) is 9.41.